The highest BCUT2D eigenvalue weighted by Gasteiger charge is 2.44. The number of aliphatic carboxylic acids is 1. The number of carbonyl (C=O) groups is 3. The zero-order valence-corrected chi connectivity index (χ0v) is 22.7. The van der Waals surface area contributed by atoms with E-state index in [1.165, 1.54) is 4.90 Å². The fourth-order valence-electron chi connectivity index (χ4n) is 3.77. The van der Waals surface area contributed by atoms with Crippen molar-refractivity contribution in [3.63, 3.8) is 0 Å². The van der Waals surface area contributed by atoms with E-state index in [2.05, 4.69) is 16.0 Å². The van der Waals surface area contributed by atoms with Gasteiger partial charge in [-0.05, 0) is 25.0 Å². The number of aliphatic hydroxyl groups is 1. The van der Waals surface area contributed by atoms with E-state index in [4.69, 9.17) is 9.90 Å². The highest BCUT2D eigenvalue weighted by atomic mass is 32.1. The summed E-state index contributed by atoms with van der Waals surface area (Å²) >= 11 is 1.60. The van der Waals surface area contributed by atoms with Crippen molar-refractivity contribution in [2.45, 2.75) is 71.4 Å². The van der Waals surface area contributed by atoms with Crippen LogP contribution in [0.25, 0.3) is 10.4 Å². The molecule has 0 radical (unpaired) electrons. The van der Waals surface area contributed by atoms with Crippen LogP contribution in [0.4, 0.5) is 13.2 Å². The van der Waals surface area contributed by atoms with Crippen LogP contribution in [0.3, 0.4) is 0 Å². The van der Waals surface area contributed by atoms with Gasteiger partial charge in [0.2, 0.25) is 5.91 Å². The molecule has 4 atom stereocenters. The minimum Gasteiger partial charge on any atom is -0.542 e. The van der Waals surface area contributed by atoms with Crippen LogP contribution in [-0.2, 0) is 14.4 Å². The number of carboxylic acids is 1. The summed E-state index contributed by atoms with van der Waals surface area (Å²) in [6, 6.07) is 6.66. The van der Waals surface area contributed by atoms with E-state index >= 15 is 0 Å². The molecule has 1 fully saturated rings. The van der Waals surface area contributed by atoms with E-state index < -0.39 is 30.3 Å². The van der Waals surface area contributed by atoms with Gasteiger partial charge >= 0.3 is 6.18 Å². The number of aliphatic hydroxyl groups excluding tert-OH is 1. The number of thiazole rings is 1. The number of carboxylic acid groups (broad SMARTS) is 1. The number of aryl methyl sites for hydroxylation is 1. The van der Waals surface area contributed by atoms with E-state index in [-0.39, 0.29) is 36.2 Å². The Hall–Kier alpha value is -3.03. The first-order chi connectivity index (χ1) is 17.4. The molecule has 2 aromatic rings. The van der Waals surface area contributed by atoms with Gasteiger partial charge in [-0.3, -0.25) is 9.59 Å². The van der Waals surface area contributed by atoms with Crippen molar-refractivity contribution in [2.24, 2.45) is 5.41 Å². The highest BCUT2D eigenvalue weighted by Crippen LogP contribution is 2.29. The van der Waals surface area contributed by atoms with Crippen LogP contribution in [0.15, 0.2) is 29.8 Å². The zero-order chi connectivity index (χ0) is 29.0. The minimum absolute atomic E-state index is 0.163. The maximum atomic E-state index is 13.0. The molecular formula is C25H33F3N4O5S. The van der Waals surface area contributed by atoms with Crippen LogP contribution >= 0.6 is 11.3 Å². The SMILES string of the molecule is Cc1ncsc1-c1ccc([C@H](C)NC(=O)[C@@H]2C[C@@H](O)CN2C(=O)[C@@H]([NH3+])C(C)(C)C)cc1.O=C([O-])C(F)(F)F. The lowest BCUT2D eigenvalue weighted by atomic mass is 9.86. The Kier molecular flexibility index (Phi) is 10.0. The molecule has 5 N–H and O–H groups in total. The molecule has 2 heterocycles. The van der Waals surface area contributed by atoms with Crippen LogP contribution in [0.2, 0.25) is 0 Å². The minimum atomic E-state index is -5.19. The number of β-amino-alcohol motifs (C(OH)–C–C–N with tert-alkyl or cyclic N) is 1. The number of aromatic nitrogens is 1. The topological polar surface area (TPSA) is 150 Å². The predicted octanol–water partition coefficient (Wildman–Crippen LogP) is 1.21. The standard InChI is InChI=1S/C23H32N4O3S.C2HF3O2/c1-13(15-6-8-16(9-7-15)19-14(2)25-12-31-19)26-21(29)18-10-17(28)11-27(18)22(30)20(24)23(3,4)5;3-2(4,5)1(6)7/h6-9,12-13,17-18,20,28H,10-11,24H2,1-5H3,(H,26,29);(H,6,7)/t13-,17+,18-,20+;/m0./s1. The van der Waals surface area contributed by atoms with E-state index in [1.54, 1.807) is 11.3 Å². The number of amides is 2. The Labute approximate surface area is 222 Å². The number of halogens is 3. The van der Waals surface area contributed by atoms with Gasteiger partial charge in [0.15, 0.2) is 6.04 Å². The smallest absolute Gasteiger partial charge is 0.430 e. The van der Waals surface area contributed by atoms with E-state index in [0.717, 1.165) is 21.7 Å². The number of nitrogens with zero attached hydrogens (tertiary/aromatic N) is 2. The fraction of sp³-hybridized carbons (Fsp3) is 0.520. The fourth-order valence-corrected chi connectivity index (χ4v) is 4.58. The third-order valence-corrected chi connectivity index (χ3v) is 7.19. The summed E-state index contributed by atoms with van der Waals surface area (Å²) in [6.07, 6.45) is -5.66. The molecule has 0 bridgehead atoms. The summed E-state index contributed by atoms with van der Waals surface area (Å²) < 4.78 is 31.5. The summed E-state index contributed by atoms with van der Waals surface area (Å²) in [6.45, 7) is 9.91. The molecule has 38 heavy (non-hydrogen) atoms. The molecule has 1 saturated heterocycles. The van der Waals surface area contributed by atoms with Crippen molar-refractivity contribution in [1.82, 2.24) is 15.2 Å². The average Bonchev–Trinajstić information content (AvgIpc) is 3.42. The largest absolute Gasteiger partial charge is 0.542 e. The molecule has 1 aliphatic rings. The van der Waals surface area contributed by atoms with Gasteiger partial charge in [0.25, 0.3) is 5.91 Å². The molecule has 13 heteroatoms. The Morgan fingerprint density at radius 1 is 1.21 bits per heavy atom. The van der Waals surface area contributed by atoms with Crippen molar-refractivity contribution in [1.29, 1.82) is 0 Å². The van der Waals surface area contributed by atoms with Gasteiger partial charge in [-0.15, -0.1) is 11.3 Å². The monoisotopic (exact) mass is 558 g/mol. The molecule has 0 spiro atoms. The molecular weight excluding hydrogens is 525 g/mol. The van der Waals surface area contributed by atoms with Crippen LogP contribution in [0.5, 0.6) is 0 Å². The number of hydrogen-bond acceptors (Lipinski definition) is 7. The van der Waals surface area contributed by atoms with Gasteiger partial charge in [-0.25, -0.2) is 4.98 Å². The first-order valence-electron chi connectivity index (χ1n) is 11.8. The second-order valence-electron chi connectivity index (χ2n) is 10.2. The van der Waals surface area contributed by atoms with Crippen molar-refractivity contribution in [3.05, 3.63) is 41.0 Å². The number of carbonyl (C=O) groups excluding carboxylic acids is 3. The Morgan fingerprint density at radius 3 is 2.21 bits per heavy atom. The quantitative estimate of drug-likeness (QED) is 0.502. The molecule has 1 aromatic carbocycles. The molecule has 2 amide bonds. The predicted molar refractivity (Wildman–Crippen MR) is 132 cm³/mol. The molecule has 0 saturated carbocycles. The summed E-state index contributed by atoms with van der Waals surface area (Å²) in [4.78, 5) is 41.7. The molecule has 3 rings (SSSR count). The average molecular weight is 559 g/mol. The molecule has 1 aliphatic heterocycles. The molecule has 1 aromatic heterocycles. The molecule has 0 unspecified atom stereocenters. The second kappa shape index (κ2) is 12.2. The second-order valence-corrected chi connectivity index (χ2v) is 11.1. The van der Waals surface area contributed by atoms with Gasteiger partial charge in [0.05, 0.1) is 28.2 Å². The van der Waals surface area contributed by atoms with Gasteiger partial charge in [-0.1, -0.05) is 45.0 Å². The molecule has 9 nitrogen and oxygen atoms in total. The van der Waals surface area contributed by atoms with Crippen molar-refractivity contribution in [3.8, 4) is 10.4 Å². The Morgan fingerprint density at radius 2 is 1.76 bits per heavy atom. The molecule has 210 valence electrons. The maximum Gasteiger partial charge on any atom is 0.430 e. The number of nitrogens with one attached hydrogen (secondary N) is 1. The maximum absolute atomic E-state index is 13.0. The van der Waals surface area contributed by atoms with Gasteiger partial charge < -0.3 is 31.0 Å². The van der Waals surface area contributed by atoms with E-state index in [9.17, 15) is 27.9 Å². The number of quaternary nitrogens is 1. The number of alkyl halides is 3. The van der Waals surface area contributed by atoms with E-state index in [0.29, 0.717) is 0 Å². The zero-order valence-electron chi connectivity index (χ0n) is 21.8. The van der Waals surface area contributed by atoms with Crippen LogP contribution < -0.4 is 16.2 Å². The third-order valence-electron chi connectivity index (χ3n) is 6.22. The summed E-state index contributed by atoms with van der Waals surface area (Å²) in [5.41, 5.74) is 8.59. The van der Waals surface area contributed by atoms with Gasteiger partial charge in [-0.2, -0.15) is 13.2 Å². The summed E-state index contributed by atoms with van der Waals surface area (Å²) in [5.74, 6) is -3.45. The number of hydrogen-bond donors (Lipinski definition) is 3. The number of rotatable bonds is 5. The molecule has 0 aliphatic carbocycles. The Balaban J connectivity index is 0.000000638. The summed E-state index contributed by atoms with van der Waals surface area (Å²) in [5, 5.41) is 21.9. The van der Waals surface area contributed by atoms with Gasteiger partial charge in [0, 0.05) is 18.4 Å². The van der Waals surface area contributed by atoms with Crippen LogP contribution in [-0.4, -0.2) is 63.7 Å². The third kappa shape index (κ3) is 7.98. The van der Waals surface area contributed by atoms with Crippen molar-refractivity contribution < 1.29 is 43.5 Å². The van der Waals surface area contributed by atoms with E-state index in [1.807, 2.05) is 64.4 Å². The van der Waals surface area contributed by atoms with Crippen molar-refractivity contribution in [2.75, 3.05) is 6.54 Å². The number of benzene rings is 1. The first-order valence-corrected chi connectivity index (χ1v) is 12.7. The highest BCUT2D eigenvalue weighted by molar-refractivity contribution is 7.13. The van der Waals surface area contributed by atoms with Crippen LogP contribution in [0.1, 0.15) is 51.4 Å². The summed E-state index contributed by atoms with van der Waals surface area (Å²) in [7, 11) is 0. The normalized spacial score (nSPS) is 19.3. The van der Waals surface area contributed by atoms with Gasteiger partial charge in [0.1, 0.15) is 12.0 Å². The lowest BCUT2D eigenvalue weighted by Crippen LogP contribution is -2.73. The Bertz CT molecular complexity index is 1130. The first kappa shape index (κ1) is 31.2. The van der Waals surface area contributed by atoms with Crippen molar-refractivity contribution >= 4 is 29.1 Å². The number of likely N-dealkylation sites (tertiary alicyclic amines) is 1. The lowest BCUT2D eigenvalue weighted by Gasteiger charge is -2.30. The lowest BCUT2D eigenvalue weighted by molar-refractivity contribution is -0.428. The van der Waals surface area contributed by atoms with Crippen LogP contribution in [0, 0.1) is 12.3 Å².